The van der Waals surface area contributed by atoms with Crippen LogP contribution in [0.25, 0.3) is 6.08 Å². The molecule has 6 heteroatoms. The molecule has 2 rings (SSSR count). The number of nitrogens with zero attached hydrogens (tertiary/aromatic N) is 2. The number of hydrogen-bond acceptors (Lipinski definition) is 5. The summed E-state index contributed by atoms with van der Waals surface area (Å²) in [6.45, 7) is 0.520. The van der Waals surface area contributed by atoms with Gasteiger partial charge in [0.15, 0.2) is 0 Å². The zero-order valence-electron chi connectivity index (χ0n) is 10.2. The van der Waals surface area contributed by atoms with E-state index in [1.807, 2.05) is 30.3 Å². The molecule has 0 fully saturated rings. The van der Waals surface area contributed by atoms with Gasteiger partial charge in [-0.2, -0.15) is 0 Å². The van der Waals surface area contributed by atoms with E-state index >= 15 is 0 Å². The molecule has 0 atom stereocenters. The van der Waals surface area contributed by atoms with Gasteiger partial charge in [0.25, 0.3) is 0 Å². The van der Waals surface area contributed by atoms with Crippen LogP contribution in [0.2, 0.25) is 0 Å². The normalized spacial score (nSPS) is 10.7. The maximum absolute atomic E-state index is 11.6. The van der Waals surface area contributed by atoms with Crippen molar-refractivity contribution in [1.82, 2.24) is 15.5 Å². The average molecular weight is 274 g/mol. The first kappa shape index (κ1) is 13.2. The molecule has 0 unspecified atom stereocenters. The Balaban J connectivity index is 1.74. The van der Waals surface area contributed by atoms with E-state index in [2.05, 4.69) is 15.5 Å². The molecule has 1 amide bonds. The summed E-state index contributed by atoms with van der Waals surface area (Å²) in [4.78, 5) is 11.6. The van der Waals surface area contributed by atoms with Crippen molar-refractivity contribution in [1.29, 1.82) is 0 Å². The van der Waals surface area contributed by atoms with Crippen LogP contribution in [-0.2, 0) is 11.2 Å². The van der Waals surface area contributed by atoms with E-state index in [4.69, 9.17) is 5.73 Å². The minimum atomic E-state index is -0.124. The van der Waals surface area contributed by atoms with Gasteiger partial charge in [-0.05, 0) is 11.6 Å². The predicted octanol–water partition coefficient (Wildman–Crippen LogP) is 1.49. The number of nitrogens with one attached hydrogen (secondary N) is 1. The number of rotatable bonds is 5. The van der Waals surface area contributed by atoms with Crippen LogP contribution < -0.4 is 11.1 Å². The molecule has 1 aromatic heterocycles. The monoisotopic (exact) mass is 274 g/mol. The second-order valence-electron chi connectivity index (χ2n) is 3.82. The Morgan fingerprint density at radius 1 is 1.32 bits per heavy atom. The Morgan fingerprint density at radius 3 is 2.79 bits per heavy atom. The van der Waals surface area contributed by atoms with E-state index in [0.29, 0.717) is 18.1 Å². The van der Waals surface area contributed by atoms with Gasteiger partial charge in [-0.1, -0.05) is 41.7 Å². The summed E-state index contributed by atoms with van der Waals surface area (Å²) in [6.07, 6.45) is 3.93. The average Bonchev–Trinajstić information content (AvgIpc) is 2.83. The summed E-state index contributed by atoms with van der Waals surface area (Å²) in [5.74, 6) is -0.124. The highest BCUT2D eigenvalue weighted by atomic mass is 32.1. The summed E-state index contributed by atoms with van der Waals surface area (Å²) in [6, 6.07) is 9.67. The van der Waals surface area contributed by atoms with Gasteiger partial charge in [-0.25, -0.2) is 0 Å². The minimum absolute atomic E-state index is 0.124. The lowest BCUT2D eigenvalue weighted by atomic mass is 10.2. The molecular formula is C13H14N4OS. The molecule has 0 saturated heterocycles. The van der Waals surface area contributed by atoms with Crippen molar-refractivity contribution in [2.24, 2.45) is 0 Å². The highest BCUT2D eigenvalue weighted by molar-refractivity contribution is 7.15. The summed E-state index contributed by atoms with van der Waals surface area (Å²) in [5, 5.41) is 11.6. The van der Waals surface area contributed by atoms with Gasteiger partial charge in [-0.15, -0.1) is 10.2 Å². The van der Waals surface area contributed by atoms with Crippen LogP contribution in [0.4, 0.5) is 5.13 Å². The van der Waals surface area contributed by atoms with Crippen molar-refractivity contribution in [2.45, 2.75) is 6.42 Å². The summed E-state index contributed by atoms with van der Waals surface area (Å²) in [7, 11) is 0. The molecule has 5 nitrogen and oxygen atoms in total. The number of hydrogen-bond donors (Lipinski definition) is 2. The van der Waals surface area contributed by atoms with Crippen LogP contribution in [0.15, 0.2) is 36.4 Å². The fourth-order valence-electron chi connectivity index (χ4n) is 1.46. The second-order valence-corrected chi connectivity index (χ2v) is 4.91. The largest absolute Gasteiger partial charge is 0.374 e. The number of anilines is 1. The van der Waals surface area contributed by atoms with Crippen molar-refractivity contribution in [3.05, 3.63) is 47.0 Å². The first-order valence-corrected chi connectivity index (χ1v) is 6.64. The minimum Gasteiger partial charge on any atom is -0.374 e. The molecule has 0 aliphatic heterocycles. The van der Waals surface area contributed by atoms with Gasteiger partial charge in [0.05, 0.1) is 0 Å². The molecule has 3 N–H and O–H groups in total. The fourth-order valence-corrected chi connectivity index (χ4v) is 2.06. The smallest absolute Gasteiger partial charge is 0.244 e. The lowest BCUT2D eigenvalue weighted by Crippen LogP contribution is -2.23. The van der Waals surface area contributed by atoms with Crippen molar-refractivity contribution in [2.75, 3.05) is 12.3 Å². The van der Waals surface area contributed by atoms with Crippen molar-refractivity contribution in [3.63, 3.8) is 0 Å². The Hall–Kier alpha value is -2.21. The number of benzene rings is 1. The van der Waals surface area contributed by atoms with E-state index in [0.717, 1.165) is 10.6 Å². The molecule has 1 heterocycles. The number of nitrogens with two attached hydrogens (primary N) is 1. The quantitative estimate of drug-likeness (QED) is 0.809. The second kappa shape index (κ2) is 6.65. The third kappa shape index (κ3) is 4.51. The highest BCUT2D eigenvalue weighted by Crippen LogP contribution is 2.10. The van der Waals surface area contributed by atoms with Crippen LogP contribution >= 0.6 is 11.3 Å². The number of amides is 1. The zero-order valence-corrected chi connectivity index (χ0v) is 11.1. The zero-order chi connectivity index (χ0) is 13.5. The van der Waals surface area contributed by atoms with Crippen LogP contribution in [0.1, 0.15) is 10.6 Å². The first-order valence-electron chi connectivity index (χ1n) is 5.83. The van der Waals surface area contributed by atoms with E-state index in [-0.39, 0.29) is 5.91 Å². The van der Waals surface area contributed by atoms with E-state index in [9.17, 15) is 4.79 Å². The molecule has 2 aromatic rings. The molecule has 98 valence electrons. The van der Waals surface area contributed by atoms with Crippen molar-refractivity contribution in [3.8, 4) is 0 Å². The molecular weight excluding hydrogens is 260 g/mol. The third-order valence-corrected chi connectivity index (χ3v) is 3.16. The van der Waals surface area contributed by atoms with Gasteiger partial charge < -0.3 is 11.1 Å². The first-order chi connectivity index (χ1) is 9.24. The Labute approximate surface area is 115 Å². The van der Waals surface area contributed by atoms with Gasteiger partial charge in [-0.3, -0.25) is 4.79 Å². The lowest BCUT2D eigenvalue weighted by Gasteiger charge is -1.99. The molecule has 0 bridgehead atoms. The Bertz CT molecular complexity index is 565. The summed E-state index contributed by atoms with van der Waals surface area (Å²) >= 11 is 1.34. The topological polar surface area (TPSA) is 80.9 Å². The van der Waals surface area contributed by atoms with E-state index < -0.39 is 0 Å². The van der Waals surface area contributed by atoms with E-state index in [1.54, 1.807) is 6.08 Å². The van der Waals surface area contributed by atoms with Gasteiger partial charge >= 0.3 is 0 Å². The lowest BCUT2D eigenvalue weighted by molar-refractivity contribution is -0.116. The molecule has 0 aliphatic carbocycles. The third-order valence-electron chi connectivity index (χ3n) is 2.35. The molecule has 0 aliphatic rings. The number of carbonyl (C=O) groups is 1. The summed E-state index contributed by atoms with van der Waals surface area (Å²) in [5.41, 5.74) is 6.46. The van der Waals surface area contributed by atoms with Crippen LogP contribution in [0.5, 0.6) is 0 Å². The van der Waals surface area contributed by atoms with Crippen molar-refractivity contribution < 1.29 is 4.79 Å². The molecule has 19 heavy (non-hydrogen) atoms. The van der Waals surface area contributed by atoms with Crippen molar-refractivity contribution >= 4 is 28.5 Å². The van der Waals surface area contributed by atoms with Gasteiger partial charge in [0.2, 0.25) is 11.0 Å². The standard InChI is InChI=1S/C13H14N4OS/c14-13-17-16-12(19-13)8-9-15-11(18)7-6-10-4-2-1-3-5-10/h1-7H,8-9H2,(H2,14,17)(H,15,18). The number of carbonyl (C=O) groups excluding carboxylic acids is 1. The maximum Gasteiger partial charge on any atom is 0.244 e. The molecule has 0 saturated carbocycles. The Kier molecular flexibility index (Phi) is 4.63. The molecule has 0 radical (unpaired) electrons. The molecule has 0 spiro atoms. The van der Waals surface area contributed by atoms with Gasteiger partial charge in [0.1, 0.15) is 5.01 Å². The number of aromatic nitrogens is 2. The van der Waals surface area contributed by atoms with Crippen LogP contribution in [-0.4, -0.2) is 22.6 Å². The van der Waals surface area contributed by atoms with Gasteiger partial charge in [0, 0.05) is 19.0 Å². The van der Waals surface area contributed by atoms with E-state index in [1.165, 1.54) is 17.4 Å². The van der Waals surface area contributed by atoms with Crippen LogP contribution in [0.3, 0.4) is 0 Å². The maximum atomic E-state index is 11.6. The predicted molar refractivity (Wildman–Crippen MR) is 76.5 cm³/mol. The fraction of sp³-hybridized carbons (Fsp3) is 0.154. The number of nitrogen functional groups attached to an aromatic ring is 1. The van der Waals surface area contributed by atoms with Crippen LogP contribution in [0, 0.1) is 0 Å². The summed E-state index contributed by atoms with van der Waals surface area (Å²) < 4.78 is 0. The Morgan fingerprint density at radius 2 is 2.11 bits per heavy atom. The SMILES string of the molecule is Nc1nnc(CCNC(=O)C=Cc2ccccc2)s1. The highest BCUT2D eigenvalue weighted by Gasteiger charge is 2.01. The molecule has 1 aromatic carbocycles.